The highest BCUT2D eigenvalue weighted by atomic mass is 16.3. The maximum Gasteiger partial charge on any atom is 0.245 e. The fourth-order valence-corrected chi connectivity index (χ4v) is 3.45. The number of aromatic nitrogens is 4. The molecule has 4 rings (SSSR count). The molecule has 1 aliphatic rings. The summed E-state index contributed by atoms with van der Waals surface area (Å²) in [6.45, 7) is 0. The van der Waals surface area contributed by atoms with Crippen LogP contribution in [0.25, 0.3) is 0 Å². The van der Waals surface area contributed by atoms with Crippen LogP contribution in [-0.4, -0.2) is 37.3 Å². The van der Waals surface area contributed by atoms with Crippen LogP contribution in [0.3, 0.4) is 0 Å². The van der Waals surface area contributed by atoms with Gasteiger partial charge in [0.2, 0.25) is 5.91 Å². The summed E-state index contributed by atoms with van der Waals surface area (Å²) in [5, 5.41) is 24.6. The molecule has 0 saturated heterocycles. The highest BCUT2D eigenvalue weighted by Gasteiger charge is 2.34. The number of fused-ring (bicyclic) bond motifs is 1. The van der Waals surface area contributed by atoms with E-state index in [-0.39, 0.29) is 5.91 Å². The fourth-order valence-electron chi connectivity index (χ4n) is 3.45. The Morgan fingerprint density at radius 3 is 2.73 bits per heavy atom. The molecule has 132 valence electrons. The van der Waals surface area contributed by atoms with Crippen LogP contribution >= 0.6 is 0 Å². The van der Waals surface area contributed by atoms with Crippen LogP contribution in [0, 0.1) is 0 Å². The van der Waals surface area contributed by atoms with Crippen molar-refractivity contribution in [2.24, 2.45) is 0 Å². The van der Waals surface area contributed by atoms with Crippen molar-refractivity contribution in [2.45, 2.75) is 31.0 Å². The molecule has 0 bridgehead atoms. The fraction of sp³-hybridized carbons (Fsp3) is 0.263. The van der Waals surface area contributed by atoms with E-state index in [2.05, 4.69) is 20.8 Å². The molecule has 1 heterocycles. The van der Waals surface area contributed by atoms with E-state index < -0.39 is 18.2 Å². The number of carbonyl (C=O) groups is 1. The third-order valence-corrected chi connectivity index (χ3v) is 4.76. The van der Waals surface area contributed by atoms with Crippen molar-refractivity contribution in [3.05, 3.63) is 77.6 Å². The molecule has 1 amide bonds. The van der Waals surface area contributed by atoms with Crippen molar-refractivity contribution in [1.82, 2.24) is 25.5 Å². The number of carbonyl (C=O) groups excluding carboxylic acids is 1. The van der Waals surface area contributed by atoms with E-state index in [0.717, 1.165) is 16.7 Å². The zero-order valence-corrected chi connectivity index (χ0v) is 14.1. The molecule has 26 heavy (non-hydrogen) atoms. The van der Waals surface area contributed by atoms with Crippen LogP contribution < -0.4 is 5.32 Å². The summed E-state index contributed by atoms with van der Waals surface area (Å²) in [4.78, 5) is 13.0. The van der Waals surface area contributed by atoms with Crippen LogP contribution in [0.5, 0.6) is 0 Å². The van der Waals surface area contributed by atoms with Gasteiger partial charge in [-0.15, -0.1) is 5.10 Å². The number of aliphatic hydroxyl groups is 1. The number of nitrogens with zero attached hydrogens (tertiary/aromatic N) is 4. The Labute approximate surface area is 150 Å². The van der Waals surface area contributed by atoms with Crippen LogP contribution in [0.2, 0.25) is 0 Å². The Balaban J connectivity index is 1.57. The Hall–Kier alpha value is -3.06. The summed E-state index contributed by atoms with van der Waals surface area (Å²) in [5.41, 5.74) is 3.03. The second-order valence-electron chi connectivity index (χ2n) is 6.45. The Morgan fingerprint density at radius 1 is 1.19 bits per heavy atom. The molecule has 1 aromatic heterocycles. The predicted molar refractivity (Wildman–Crippen MR) is 94.0 cm³/mol. The van der Waals surface area contributed by atoms with Gasteiger partial charge in [0.25, 0.3) is 0 Å². The number of hydrogen-bond acceptors (Lipinski definition) is 5. The monoisotopic (exact) mass is 349 g/mol. The molecule has 0 fully saturated rings. The first kappa shape index (κ1) is 16.4. The number of benzene rings is 2. The van der Waals surface area contributed by atoms with Crippen molar-refractivity contribution in [3.8, 4) is 0 Å². The standard InChI is InChI=1S/C19H19N5O2/c25-17-11-14-8-4-5-9-15(14)18(17)21-19(26)16(24-12-20-22-23-24)10-13-6-2-1-3-7-13/h1-9,12,16-18,25H,10-11H2,(H,21,26). The largest absolute Gasteiger partial charge is 0.390 e. The highest BCUT2D eigenvalue weighted by Crippen LogP contribution is 2.31. The second-order valence-corrected chi connectivity index (χ2v) is 6.45. The predicted octanol–water partition coefficient (Wildman–Crippen LogP) is 1.23. The van der Waals surface area contributed by atoms with Crippen molar-refractivity contribution in [1.29, 1.82) is 0 Å². The first-order chi connectivity index (χ1) is 12.7. The summed E-state index contributed by atoms with van der Waals surface area (Å²) in [6, 6.07) is 16.5. The van der Waals surface area contributed by atoms with Crippen molar-refractivity contribution in [3.63, 3.8) is 0 Å². The maximum atomic E-state index is 13.0. The normalized spacial score (nSPS) is 19.7. The van der Waals surface area contributed by atoms with E-state index in [1.54, 1.807) is 0 Å². The Bertz CT molecular complexity index is 882. The van der Waals surface area contributed by atoms with Gasteiger partial charge in [0.1, 0.15) is 12.4 Å². The molecule has 3 aromatic rings. The number of rotatable bonds is 5. The summed E-state index contributed by atoms with van der Waals surface area (Å²) in [5.74, 6) is -0.220. The van der Waals surface area contributed by atoms with Gasteiger partial charge in [-0.25, -0.2) is 4.68 Å². The average Bonchev–Trinajstić information content (AvgIpc) is 3.29. The molecule has 7 nitrogen and oxygen atoms in total. The van der Waals surface area contributed by atoms with Gasteiger partial charge in [0.05, 0.1) is 12.1 Å². The van der Waals surface area contributed by atoms with Crippen molar-refractivity contribution >= 4 is 5.91 Å². The molecule has 2 aromatic carbocycles. The van der Waals surface area contributed by atoms with Crippen LogP contribution in [0.15, 0.2) is 60.9 Å². The van der Waals surface area contributed by atoms with Gasteiger partial charge in [-0.05, 0) is 27.1 Å². The molecule has 7 heteroatoms. The number of nitrogens with one attached hydrogen (secondary N) is 1. The molecule has 3 unspecified atom stereocenters. The summed E-state index contributed by atoms with van der Waals surface area (Å²) in [7, 11) is 0. The van der Waals surface area contributed by atoms with Gasteiger partial charge in [-0.1, -0.05) is 54.6 Å². The molecule has 0 saturated carbocycles. The van der Waals surface area contributed by atoms with Crippen molar-refractivity contribution in [2.75, 3.05) is 0 Å². The summed E-state index contributed by atoms with van der Waals surface area (Å²) in [6.07, 6.45) is 1.80. The first-order valence-corrected chi connectivity index (χ1v) is 8.55. The van der Waals surface area contributed by atoms with Gasteiger partial charge in [0, 0.05) is 12.8 Å². The zero-order valence-electron chi connectivity index (χ0n) is 14.1. The molecule has 0 spiro atoms. The maximum absolute atomic E-state index is 13.0. The third kappa shape index (κ3) is 3.21. The lowest BCUT2D eigenvalue weighted by atomic mass is 10.0. The number of hydrogen-bond donors (Lipinski definition) is 2. The molecule has 2 N–H and O–H groups in total. The molecular formula is C19H19N5O2. The van der Waals surface area contributed by atoms with Gasteiger partial charge >= 0.3 is 0 Å². The van der Waals surface area contributed by atoms with Crippen LogP contribution in [-0.2, 0) is 17.6 Å². The number of tetrazole rings is 1. The zero-order chi connectivity index (χ0) is 17.9. The first-order valence-electron chi connectivity index (χ1n) is 8.55. The lowest BCUT2D eigenvalue weighted by Crippen LogP contribution is -2.39. The molecule has 3 atom stereocenters. The average molecular weight is 349 g/mol. The van der Waals surface area contributed by atoms with Gasteiger partial charge in [-0.3, -0.25) is 4.79 Å². The smallest absolute Gasteiger partial charge is 0.245 e. The Kier molecular flexibility index (Phi) is 4.45. The van der Waals surface area contributed by atoms with Gasteiger partial charge in [-0.2, -0.15) is 0 Å². The third-order valence-electron chi connectivity index (χ3n) is 4.76. The number of amides is 1. The van der Waals surface area contributed by atoms with E-state index >= 15 is 0 Å². The van der Waals surface area contributed by atoms with Crippen LogP contribution in [0.4, 0.5) is 0 Å². The summed E-state index contributed by atoms with van der Waals surface area (Å²) >= 11 is 0. The molecule has 0 radical (unpaired) electrons. The highest BCUT2D eigenvalue weighted by molar-refractivity contribution is 5.81. The van der Waals surface area contributed by atoms with Crippen LogP contribution in [0.1, 0.15) is 28.8 Å². The molecule has 1 aliphatic carbocycles. The van der Waals surface area contributed by atoms with E-state index in [1.165, 1.54) is 11.0 Å². The lowest BCUT2D eigenvalue weighted by molar-refractivity contribution is -0.126. The minimum Gasteiger partial charge on any atom is -0.390 e. The van der Waals surface area contributed by atoms with Crippen molar-refractivity contribution < 1.29 is 9.90 Å². The minimum absolute atomic E-state index is 0.220. The van der Waals surface area contributed by atoms with E-state index in [0.29, 0.717) is 12.8 Å². The Morgan fingerprint density at radius 2 is 1.96 bits per heavy atom. The SMILES string of the molecule is O=C(NC1c2ccccc2CC1O)C(Cc1ccccc1)n1cnnn1. The van der Waals surface area contributed by atoms with E-state index in [1.807, 2.05) is 54.6 Å². The number of aliphatic hydroxyl groups excluding tert-OH is 1. The quantitative estimate of drug-likeness (QED) is 0.723. The molecule has 0 aliphatic heterocycles. The molecular weight excluding hydrogens is 330 g/mol. The van der Waals surface area contributed by atoms with E-state index in [4.69, 9.17) is 0 Å². The topological polar surface area (TPSA) is 92.9 Å². The van der Waals surface area contributed by atoms with E-state index in [9.17, 15) is 9.90 Å². The second kappa shape index (κ2) is 7.05. The minimum atomic E-state index is -0.636. The van der Waals surface area contributed by atoms with Gasteiger partial charge in [0.15, 0.2) is 0 Å². The summed E-state index contributed by atoms with van der Waals surface area (Å²) < 4.78 is 1.45. The van der Waals surface area contributed by atoms with Gasteiger partial charge < -0.3 is 10.4 Å². The lowest BCUT2D eigenvalue weighted by Gasteiger charge is -2.22.